The molecule has 32 heavy (non-hydrogen) atoms. The highest BCUT2D eigenvalue weighted by Gasteiger charge is 2.43. The summed E-state index contributed by atoms with van der Waals surface area (Å²) in [5, 5.41) is 10.7. The maximum atomic E-state index is 12.3. The van der Waals surface area contributed by atoms with Crippen LogP contribution in [0.3, 0.4) is 0 Å². The minimum Gasteiger partial charge on any atom is -0.354 e. The average Bonchev–Trinajstić information content (AvgIpc) is 3.41. The first-order chi connectivity index (χ1) is 15.7. The zero-order valence-corrected chi connectivity index (χ0v) is 19.1. The van der Waals surface area contributed by atoms with E-state index in [-0.39, 0.29) is 11.9 Å². The highest BCUT2D eigenvalue weighted by Crippen LogP contribution is 2.47. The third-order valence-electron chi connectivity index (χ3n) is 6.20. The lowest BCUT2D eigenvalue weighted by Crippen LogP contribution is -2.28. The summed E-state index contributed by atoms with van der Waals surface area (Å²) in [5.41, 5.74) is 5.63. The fraction of sp³-hybridized carbons (Fsp3) is 0.269. The number of carbonyl (C=O) groups is 1. The van der Waals surface area contributed by atoms with Crippen LogP contribution in [0.4, 0.5) is 5.13 Å². The van der Waals surface area contributed by atoms with Gasteiger partial charge in [-0.05, 0) is 49.0 Å². The average molecular weight is 443 g/mol. The topological polar surface area (TPSA) is 57.6 Å². The van der Waals surface area contributed by atoms with Crippen molar-refractivity contribution in [3.05, 3.63) is 87.9 Å². The molecule has 1 N–H and O–H groups in total. The first-order valence-electron chi connectivity index (χ1n) is 11.0. The number of aryl methyl sites for hydroxylation is 1. The van der Waals surface area contributed by atoms with E-state index in [0.717, 1.165) is 35.8 Å². The van der Waals surface area contributed by atoms with Gasteiger partial charge >= 0.3 is 0 Å². The lowest BCUT2D eigenvalue weighted by molar-refractivity contribution is 0.0966. The molecule has 6 heteroatoms. The quantitative estimate of drug-likeness (QED) is 0.571. The standard InChI is InChI=1S/C26H26N4OS/c1-17-24(25(31)27-2)32-26(28-17)30-23(19-12-7-4-8-13-19)21-15-9-14-20(22(21)29-30)16-18-10-5-3-6-11-18/h3-8,10-13,16,21,23H,9,14-15H2,1-2H3,(H,27,31)/b20-16-/t21-,23+/m0/s1. The summed E-state index contributed by atoms with van der Waals surface area (Å²) in [4.78, 5) is 17.7. The monoisotopic (exact) mass is 442 g/mol. The Morgan fingerprint density at radius 3 is 2.56 bits per heavy atom. The minimum absolute atomic E-state index is 0.0776. The number of hydrogen-bond donors (Lipinski definition) is 1. The van der Waals surface area contributed by atoms with Crippen molar-refractivity contribution in [2.75, 3.05) is 12.1 Å². The number of carbonyl (C=O) groups excluding carboxylic acids is 1. The van der Waals surface area contributed by atoms with Crippen LogP contribution >= 0.6 is 11.3 Å². The van der Waals surface area contributed by atoms with Gasteiger partial charge in [-0.1, -0.05) is 72.0 Å². The molecule has 1 aromatic heterocycles. The summed E-state index contributed by atoms with van der Waals surface area (Å²) in [6.07, 6.45) is 5.53. The van der Waals surface area contributed by atoms with Crippen molar-refractivity contribution >= 4 is 34.2 Å². The molecule has 2 atom stereocenters. The van der Waals surface area contributed by atoms with E-state index in [1.807, 2.05) is 19.1 Å². The van der Waals surface area contributed by atoms with E-state index in [9.17, 15) is 4.79 Å². The van der Waals surface area contributed by atoms with Crippen LogP contribution in [0.5, 0.6) is 0 Å². The molecule has 0 saturated heterocycles. The summed E-state index contributed by atoms with van der Waals surface area (Å²) in [6, 6.07) is 21.1. The number of thiazole rings is 1. The molecule has 2 aromatic carbocycles. The number of allylic oxidation sites excluding steroid dienone is 1. The SMILES string of the molecule is CNC(=O)c1sc(N2N=C3/C(=C\c4ccccc4)CCC[C@@H]3[C@H]2c2ccccc2)nc1C. The number of rotatable bonds is 4. The number of anilines is 1. The summed E-state index contributed by atoms with van der Waals surface area (Å²) < 4.78 is 0. The molecule has 0 unspecified atom stereocenters. The second-order valence-electron chi connectivity index (χ2n) is 8.25. The van der Waals surface area contributed by atoms with Crippen LogP contribution in [0.1, 0.15) is 51.8 Å². The zero-order valence-electron chi connectivity index (χ0n) is 18.3. The van der Waals surface area contributed by atoms with Gasteiger partial charge in [0, 0.05) is 13.0 Å². The zero-order chi connectivity index (χ0) is 22.1. The van der Waals surface area contributed by atoms with Crippen LogP contribution in [0.15, 0.2) is 71.3 Å². The third-order valence-corrected chi connectivity index (χ3v) is 7.34. The van der Waals surface area contributed by atoms with Gasteiger partial charge in [-0.15, -0.1) is 0 Å². The molecule has 1 fully saturated rings. The van der Waals surface area contributed by atoms with Gasteiger partial charge in [0.05, 0.1) is 17.4 Å². The summed E-state index contributed by atoms with van der Waals surface area (Å²) >= 11 is 1.41. The van der Waals surface area contributed by atoms with Crippen molar-refractivity contribution < 1.29 is 4.79 Å². The number of nitrogens with zero attached hydrogens (tertiary/aromatic N) is 3. The number of amides is 1. The van der Waals surface area contributed by atoms with Crippen molar-refractivity contribution in [3.63, 3.8) is 0 Å². The second kappa shape index (κ2) is 8.71. The number of nitrogens with one attached hydrogen (secondary N) is 1. The molecule has 5 nitrogen and oxygen atoms in total. The van der Waals surface area contributed by atoms with Crippen molar-refractivity contribution in [2.45, 2.75) is 32.2 Å². The lowest BCUT2D eigenvalue weighted by Gasteiger charge is -2.29. The summed E-state index contributed by atoms with van der Waals surface area (Å²) in [6.45, 7) is 1.89. The van der Waals surface area contributed by atoms with Gasteiger partial charge in [0.25, 0.3) is 5.91 Å². The highest BCUT2D eigenvalue weighted by molar-refractivity contribution is 7.17. The van der Waals surface area contributed by atoms with Gasteiger partial charge < -0.3 is 5.32 Å². The molecule has 162 valence electrons. The van der Waals surface area contributed by atoms with E-state index in [2.05, 4.69) is 64.9 Å². The Kier molecular flexibility index (Phi) is 5.62. The molecule has 1 aliphatic heterocycles. The number of hydrazone groups is 1. The Balaban J connectivity index is 1.60. The Morgan fingerprint density at radius 1 is 1.12 bits per heavy atom. The smallest absolute Gasteiger partial charge is 0.263 e. The van der Waals surface area contributed by atoms with Crippen molar-refractivity contribution in [2.24, 2.45) is 11.0 Å². The van der Waals surface area contributed by atoms with Crippen molar-refractivity contribution in [3.8, 4) is 0 Å². The van der Waals surface area contributed by atoms with Gasteiger partial charge in [-0.3, -0.25) is 4.79 Å². The largest absolute Gasteiger partial charge is 0.354 e. The van der Waals surface area contributed by atoms with Crippen LogP contribution in [0.25, 0.3) is 6.08 Å². The molecule has 0 bridgehead atoms. The molecule has 1 aliphatic carbocycles. The van der Waals surface area contributed by atoms with Gasteiger partial charge in [0.1, 0.15) is 4.88 Å². The van der Waals surface area contributed by atoms with E-state index in [1.54, 1.807) is 7.05 Å². The molecule has 2 heterocycles. The molecule has 1 amide bonds. The summed E-state index contributed by atoms with van der Waals surface area (Å²) in [7, 11) is 1.65. The third kappa shape index (κ3) is 3.75. The fourth-order valence-electron chi connectivity index (χ4n) is 4.70. The van der Waals surface area contributed by atoms with Crippen LogP contribution < -0.4 is 10.3 Å². The molecule has 0 radical (unpaired) electrons. The van der Waals surface area contributed by atoms with E-state index >= 15 is 0 Å². The van der Waals surface area contributed by atoms with Gasteiger partial charge in [0.15, 0.2) is 0 Å². The molecule has 5 rings (SSSR count). The lowest BCUT2D eigenvalue weighted by atomic mass is 9.77. The molecule has 1 saturated carbocycles. The maximum absolute atomic E-state index is 12.3. The Labute approximate surface area is 192 Å². The first-order valence-corrected chi connectivity index (χ1v) is 11.9. The molecular weight excluding hydrogens is 416 g/mol. The normalized spacial score (nSPS) is 21.4. The molecule has 2 aliphatic rings. The number of aromatic nitrogens is 1. The summed E-state index contributed by atoms with van der Waals surface area (Å²) in [5.74, 6) is 0.199. The second-order valence-corrected chi connectivity index (χ2v) is 9.23. The number of hydrogen-bond acceptors (Lipinski definition) is 5. The predicted molar refractivity (Wildman–Crippen MR) is 131 cm³/mol. The molecule has 0 spiro atoms. The van der Waals surface area contributed by atoms with E-state index in [0.29, 0.717) is 10.8 Å². The Bertz CT molecular complexity index is 1180. The maximum Gasteiger partial charge on any atom is 0.263 e. The van der Waals surface area contributed by atoms with Crippen LogP contribution in [-0.2, 0) is 0 Å². The van der Waals surface area contributed by atoms with Gasteiger partial charge in [0.2, 0.25) is 5.13 Å². The first kappa shape index (κ1) is 20.6. The highest BCUT2D eigenvalue weighted by atomic mass is 32.1. The Morgan fingerprint density at radius 2 is 1.84 bits per heavy atom. The van der Waals surface area contributed by atoms with Crippen LogP contribution in [-0.4, -0.2) is 23.7 Å². The van der Waals surface area contributed by atoms with E-state index in [4.69, 9.17) is 10.1 Å². The number of fused-ring (bicyclic) bond motifs is 1. The van der Waals surface area contributed by atoms with Gasteiger partial charge in [-0.25, -0.2) is 9.99 Å². The Hall–Kier alpha value is -3.25. The van der Waals surface area contributed by atoms with Crippen LogP contribution in [0, 0.1) is 12.8 Å². The van der Waals surface area contributed by atoms with Gasteiger partial charge in [-0.2, -0.15) is 5.10 Å². The minimum atomic E-state index is -0.101. The molecular formula is C26H26N4OS. The van der Waals surface area contributed by atoms with Crippen molar-refractivity contribution in [1.29, 1.82) is 0 Å². The van der Waals surface area contributed by atoms with E-state index in [1.165, 1.54) is 28.0 Å². The fourth-order valence-corrected chi connectivity index (χ4v) is 5.70. The van der Waals surface area contributed by atoms with Crippen molar-refractivity contribution in [1.82, 2.24) is 10.3 Å². The predicted octanol–water partition coefficient (Wildman–Crippen LogP) is 5.61. The van der Waals surface area contributed by atoms with Crippen LogP contribution in [0.2, 0.25) is 0 Å². The molecule has 3 aromatic rings. The number of benzene rings is 2. The van der Waals surface area contributed by atoms with E-state index < -0.39 is 0 Å².